The van der Waals surface area contributed by atoms with Gasteiger partial charge in [-0.05, 0) is 31.5 Å². The molecule has 0 unspecified atom stereocenters. The molecule has 0 heterocycles. The Labute approximate surface area is 65.2 Å². The monoisotopic (exact) mass is 162 g/mol. The normalized spacial score (nSPS) is 20.2. The first kappa shape index (κ1) is 7.82. The summed E-state index contributed by atoms with van der Waals surface area (Å²) in [5, 5.41) is 2.71. The van der Waals surface area contributed by atoms with Crippen molar-refractivity contribution in [3.8, 4) is 0 Å². The van der Waals surface area contributed by atoms with Crippen LogP contribution in [-0.4, -0.2) is 18.0 Å². The maximum Gasteiger partial charge on any atom is 0.241 e. The summed E-state index contributed by atoms with van der Waals surface area (Å²) in [6.45, 7) is 2.56. The number of hydrogen-bond acceptors (Lipinski definition) is 2. The van der Waals surface area contributed by atoms with Crippen molar-refractivity contribution < 1.29 is 4.79 Å². The van der Waals surface area contributed by atoms with Crippen molar-refractivity contribution in [2.75, 3.05) is 6.54 Å². The van der Waals surface area contributed by atoms with E-state index in [1.807, 2.05) is 6.92 Å². The summed E-state index contributed by atoms with van der Waals surface area (Å²) < 4.78 is 0. The molecule has 0 atom stereocenters. The van der Waals surface area contributed by atoms with Crippen molar-refractivity contribution in [2.24, 2.45) is 0 Å². The van der Waals surface area contributed by atoms with Gasteiger partial charge in [0.25, 0.3) is 0 Å². The second kappa shape index (κ2) is 2.76. The molecule has 2 N–H and O–H groups in total. The molecule has 1 amide bonds. The Balaban J connectivity index is 2.40. The van der Waals surface area contributed by atoms with Crippen LogP contribution in [-0.2, 0) is 4.79 Å². The largest absolute Gasteiger partial charge is 0.355 e. The van der Waals surface area contributed by atoms with Crippen molar-refractivity contribution >= 4 is 17.7 Å². The SMILES string of the molecule is CCNC(=O)C1(NCl)CC1. The molecule has 0 aliphatic heterocycles. The third-order valence-corrected chi connectivity index (χ3v) is 2.06. The lowest BCUT2D eigenvalue weighted by atomic mass is 10.3. The van der Waals surface area contributed by atoms with Crippen LogP contribution in [0.25, 0.3) is 0 Å². The van der Waals surface area contributed by atoms with E-state index in [1.54, 1.807) is 0 Å². The van der Waals surface area contributed by atoms with Crippen LogP contribution in [0.15, 0.2) is 0 Å². The van der Waals surface area contributed by atoms with Crippen molar-refractivity contribution in [1.82, 2.24) is 10.2 Å². The third-order valence-electron chi connectivity index (χ3n) is 1.70. The van der Waals surface area contributed by atoms with Crippen LogP contribution in [0.3, 0.4) is 0 Å². The Bertz CT molecular complexity index is 145. The van der Waals surface area contributed by atoms with Gasteiger partial charge >= 0.3 is 0 Å². The zero-order valence-electron chi connectivity index (χ0n) is 5.91. The predicted octanol–water partition coefficient (Wildman–Crippen LogP) is 0.398. The fourth-order valence-corrected chi connectivity index (χ4v) is 1.09. The van der Waals surface area contributed by atoms with Gasteiger partial charge in [0.1, 0.15) is 5.54 Å². The Hall–Kier alpha value is -0.280. The predicted molar refractivity (Wildman–Crippen MR) is 39.6 cm³/mol. The molecular weight excluding hydrogens is 152 g/mol. The second-order valence-electron chi connectivity index (χ2n) is 2.54. The van der Waals surface area contributed by atoms with E-state index in [0.717, 1.165) is 12.8 Å². The average molecular weight is 163 g/mol. The Morgan fingerprint density at radius 3 is 2.60 bits per heavy atom. The van der Waals surface area contributed by atoms with E-state index in [9.17, 15) is 4.79 Å². The van der Waals surface area contributed by atoms with Gasteiger partial charge in [-0.15, -0.1) is 0 Å². The number of amides is 1. The summed E-state index contributed by atoms with van der Waals surface area (Å²) in [6, 6.07) is 0. The molecule has 3 nitrogen and oxygen atoms in total. The van der Waals surface area contributed by atoms with Gasteiger partial charge in [0.05, 0.1) is 0 Å². The molecule has 0 aromatic heterocycles. The van der Waals surface area contributed by atoms with Crippen molar-refractivity contribution in [3.05, 3.63) is 0 Å². The summed E-state index contributed by atoms with van der Waals surface area (Å²) in [6.07, 6.45) is 1.70. The van der Waals surface area contributed by atoms with Crippen molar-refractivity contribution in [1.29, 1.82) is 0 Å². The van der Waals surface area contributed by atoms with E-state index in [-0.39, 0.29) is 5.91 Å². The van der Waals surface area contributed by atoms with Crippen LogP contribution in [0.2, 0.25) is 0 Å². The topological polar surface area (TPSA) is 41.1 Å². The highest BCUT2D eigenvalue weighted by atomic mass is 35.5. The van der Waals surface area contributed by atoms with E-state index in [0.29, 0.717) is 6.54 Å². The third kappa shape index (κ3) is 1.25. The summed E-state index contributed by atoms with van der Waals surface area (Å²) in [5.41, 5.74) is -0.433. The molecule has 10 heavy (non-hydrogen) atoms. The Morgan fingerprint density at radius 2 is 2.30 bits per heavy atom. The molecule has 0 aromatic carbocycles. The lowest BCUT2D eigenvalue weighted by Gasteiger charge is -2.10. The van der Waals surface area contributed by atoms with Crippen LogP contribution in [0.1, 0.15) is 19.8 Å². The highest BCUT2D eigenvalue weighted by Crippen LogP contribution is 2.35. The number of carbonyl (C=O) groups is 1. The number of hydrogen-bond donors (Lipinski definition) is 2. The molecule has 1 fully saturated rings. The van der Waals surface area contributed by atoms with Gasteiger partial charge in [0, 0.05) is 6.54 Å². The summed E-state index contributed by atoms with van der Waals surface area (Å²) in [5.74, 6) is 0.0185. The van der Waals surface area contributed by atoms with Gasteiger partial charge in [-0.3, -0.25) is 4.79 Å². The number of halogens is 1. The van der Waals surface area contributed by atoms with E-state index in [4.69, 9.17) is 11.8 Å². The molecule has 0 radical (unpaired) electrons. The molecule has 0 aromatic rings. The molecule has 58 valence electrons. The molecule has 0 saturated heterocycles. The highest BCUT2D eigenvalue weighted by molar-refractivity contribution is 6.16. The quantitative estimate of drug-likeness (QED) is 0.590. The van der Waals surface area contributed by atoms with E-state index in [1.165, 1.54) is 0 Å². The minimum Gasteiger partial charge on any atom is -0.355 e. The van der Waals surface area contributed by atoms with E-state index < -0.39 is 5.54 Å². The Kier molecular flexibility index (Phi) is 2.16. The summed E-state index contributed by atoms with van der Waals surface area (Å²) in [7, 11) is 0. The van der Waals surface area contributed by atoms with E-state index >= 15 is 0 Å². The number of likely N-dealkylation sites (N-methyl/N-ethyl adjacent to an activating group) is 1. The molecule has 1 aliphatic carbocycles. The van der Waals surface area contributed by atoms with Crippen LogP contribution in [0.5, 0.6) is 0 Å². The van der Waals surface area contributed by atoms with Gasteiger partial charge in [0.15, 0.2) is 0 Å². The van der Waals surface area contributed by atoms with Crippen LogP contribution in [0, 0.1) is 0 Å². The first-order valence-corrected chi connectivity index (χ1v) is 3.79. The smallest absolute Gasteiger partial charge is 0.241 e. The number of nitrogens with one attached hydrogen (secondary N) is 2. The number of rotatable bonds is 3. The second-order valence-corrected chi connectivity index (χ2v) is 2.73. The minimum atomic E-state index is -0.433. The lowest BCUT2D eigenvalue weighted by Crippen LogP contribution is -2.42. The Morgan fingerprint density at radius 1 is 1.70 bits per heavy atom. The van der Waals surface area contributed by atoms with Crippen LogP contribution < -0.4 is 10.2 Å². The molecule has 1 saturated carbocycles. The fourth-order valence-electron chi connectivity index (χ4n) is 0.819. The van der Waals surface area contributed by atoms with Gasteiger partial charge < -0.3 is 5.32 Å². The zero-order valence-corrected chi connectivity index (χ0v) is 6.66. The molecule has 0 spiro atoms. The van der Waals surface area contributed by atoms with Crippen LogP contribution in [0.4, 0.5) is 0 Å². The first-order chi connectivity index (χ1) is 4.75. The lowest BCUT2D eigenvalue weighted by molar-refractivity contribution is -0.123. The van der Waals surface area contributed by atoms with Gasteiger partial charge in [-0.2, -0.15) is 0 Å². The molecule has 0 bridgehead atoms. The molecular formula is C6H11ClN2O. The molecule has 1 aliphatic rings. The average Bonchev–Trinajstić information content (AvgIpc) is 2.68. The molecule has 4 heteroatoms. The minimum absolute atomic E-state index is 0.0185. The first-order valence-electron chi connectivity index (χ1n) is 3.41. The summed E-state index contributed by atoms with van der Waals surface area (Å²) in [4.78, 5) is 13.6. The van der Waals surface area contributed by atoms with Gasteiger partial charge in [0.2, 0.25) is 5.91 Å². The highest BCUT2D eigenvalue weighted by Gasteiger charge is 2.49. The maximum atomic E-state index is 11.1. The van der Waals surface area contributed by atoms with Crippen LogP contribution >= 0.6 is 11.8 Å². The van der Waals surface area contributed by atoms with Gasteiger partial charge in [-0.1, -0.05) is 0 Å². The van der Waals surface area contributed by atoms with Crippen molar-refractivity contribution in [2.45, 2.75) is 25.3 Å². The van der Waals surface area contributed by atoms with Crippen molar-refractivity contribution in [3.63, 3.8) is 0 Å². The molecule has 1 rings (SSSR count). The zero-order chi connectivity index (χ0) is 7.61. The summed E-state index contributed by atoms with van der Waals surface area (Å²) >= 11 is 5.38. The number of carbonyl (C=O) groups excluding carboxylic acids is 1. The standard InChI is InChI=1S/C6H11ClN2O/c1-2-8-5(10)6(9-7)3-4-6/h9H,2-4H2,1H3,(H,8,10). The van der Waals surface area contributed by atoms with E-state index in [2.05, 4.69) is 10.2 Å². The van der Waals surface area contributed by atoms with Gasteiger partial charge in [-0.25, -0.2) is 4.84 Å². The fraction of sp³-hybridized carbons (Fsp3) is 0.833. The maximum absolute atomic E-state index is 11.1.